The van der Waals surface area contributed by atoms with E-state index in [4.69, 9.17) is 4.74 Å². The van der Waals surface area contributed by atoms with Gasteiger partial charge in [0, 0.05) is 6.54 Å². The van der Waals surface area contributed by atoms with Crippen LogP contribution < -0.4 is 4.72 Å². The predicted molar refractivity (Wildman–Crippen MR) is 81.6 cm³/mol. The second-order valence-electron chi connectivity index (χ2n) is 6.39. The van der Waals surface area contributed by atoms with Crippen molar-refractivity contribution >= 4 is 10.0 Å². The summed E-state index contributed by atoms with van der Waals surface area (Å²) in [5, 5.41) is 10.3. The quantitative estimate of drug-likeness (QED) is 0.730. The first-order chi connectivity index (χ1) is 9.91. The maximum absolute atomic E-state index is 11.8. The van der Waals surface area contributed by atoms with Crippen LogP contribution in [0.4, 0.5) is 0 Å². The SMILES string of the molecule is CCCS(=O)(=O)N[C@H]1CO[C@@H](CN2CCC(C)CC2)[C@@H]1O. The number of aliphatic hydroxyl groups is 1. The zero-order valence-corrected chi connectivity index (χ0v) is 13.8. The van der Waals surface area contributed by atoms with Gasteiger partial charge < -0.3 is 14.7 Å². The van der Waals surface area contributed by atoms with Crippen LogP contribution in [-0.4, -0.2) is 68.7 Å². The first-order valence-corrected chi connectivity index (χ1v) is 9.58. The average Bonchev–Trinajstić information content (AvgIpc) is 2.73. The summed E-state index contributed by atoms with van der Waals surface area (Å²) in [6.45, 7) is 7.07. The summed E-state index contributed by atoms with van der Waals surface area (Å²) < 4.78 is 31.7. The fourth-order valence-electron chi connectivity index (χ4n) is 3.01. The van der Waals surface area contributed by atoms with Crippen LogP contribution in [0.15, 0.2) is 0 Å². The van der Waals surface area contributed by atoms with Crippen molar-refractivity contribution in [3.63, 3.8) is 0 Å². The first kappa shape index (κ1) is 17.1. The van der Waals surface area contributed by atoms with Gasteiger partial charge in [-0.05, 0) is 38.3 Å². The van der Waals surface area contributed by atoms with Gasteiger partial charge in [0.05, 0.1) is 30.6 Å². The first-order valence-electron chi connectivity index (χ1n) is 7.93. The van der Waals surface area contributed by atoms with E-state index >= 15 is 0 Å². The van der Waals surface area contributed by atoms with Gasteiger partial charge in [-0.2, -0.15) is 0 Å². The van der Waals surface area contributed by atoms with Gasteiger partial charge in [-0.15, -0.1) is 0 Å². The molecule has 6 nitrogen and oxygen atoms in total. The van der Waals surface area contributed by atoms with Crippen LogP contribution in [0.2, 0.25) is 0 Å². The Labute approximate surface area is 127 Å². The van der Waals surface area contributed by atoms with E-state index in [1.165, 1.54) is 12.8 Å². The largest absolute Gasteiger partial charge is 0.389 e. The Kier molecular flexibility index (Phi) is 6.02. The number of nitrogens with zero attached hydrogens (tertiary/aromatic N) is 1. The molecule has 2 rings (SSSR count). The van der Waals surface area contributed by atoms with Crippen molar-refractivity contribution < 1.29 is 18.3 Å². The van der Waals surface area contributed by atoms with Crippen LogP contribution in [0.25, 0.3) is 0 Å². The lowest BCUT2D eigenvalue weighted by Gasteiger charge is -2.32. The number of hydrogen-bond acceptors (Lipinski definition) is 5. The Hall–Kier alpha value is -0.210. The third-order valence-electron chi connectivity index (χ3n) is 4.40. The molecule has 124 valence electrons. The molecule has 2 fully saturated rings. The van der Waals surface area contributed by atoms with Gasteiger partial charge in [-0.25, -0.2) is 13.1 Å². The number of aliphatic hydroxyl groups excluding tert-OH is 1. The number of piperidine rings is 1. The summed E-state index contributed by atoms with van der Waals surface area (Å²) in [4.78, 5) is 2.30. The maximum Gasteiger partial charge on any atom is 0.212 e. The Balaban J connectivity index is 1.82. The highest BCUT2D eigenvalue weighted by atomic mass is 32.2. The van der Waals surface area contributed by atoms with E-state index in [-0.39, 0.29) is 18.5 Å². The van der Waals surface area contributed by atoms with E-state index in [0.29, 0.717) is 13.0 Å². The minimum atomic E-state index is -3.32. The van der Waals surface area contributed by atoms with Gasteiger partial charge >= 0.3 is 0 Å². The molecule has 0 amide bonds. The molecule has 2 aliphatic heterocycles. The number of nitrogens with one attached hydrogen (secondary N) is 1. The molecule has 0 aliphatic carbocycles. The standard InChI is InChI=1S/C14H28N2O4S/c1-3-8-21(18,19)15-12-10-20-13(14(12)17)9-16-6-4-11(2)5-7-16/h11-15,17H,3-10H2,1-2H3/t12-,13-,14+/m0/s1. The molecular formula is C14H28N2O4S. The highest BCUT2D eigenvalue weighted by Gasteiger charge is 2.38. The van der Waals surface area contributed by atoms with Crippen molar-refractivity contribution in [1.29, 1.82) is 0 Å². The van der Waals surface area contributed by atoms with E-state index in [9.17, 15) is 13.5 Å². The normalized spacial score (nSPS) is 32.6. The van der Waals surface area contributed by atoms with Crippen molar-refractivity contribution in [2.75, 3.05) is 32.0 Å². The number of hydrogen-bond donors (Lipinski definition) is 2. The van der Waals surface area contributed by atoms with E-state index in [2.05, 4.69) is 16.5 Å². The van der Waals surface area contributed by atoms with Gasteiger partial charge in [0.15, 0.2) is 0 Å². The van der Waals surface area contributed by atoms with Gasteiger partial charge in [-0.3, -0.25) is 0 Å². The molecule has 21 heavy (non-hydrogen) atoms. The Bertz CT molecular complexity index is 421. The highest BCUT2D eigenvalue weighted by molar-refractivity contribution is 7.89. The number of sulfonamides is 1. The van der Waals surface area contributed by atoms with Crippen molar-refractivity contribution in [2.45, 2.75) is 51.4 Å². The number of rotatable bonds is 6. The molecule has 2 aliphatic rings. The molecule has 2 heterocycles. The molecule has 0 bridgehead atoms. The summed E-state index contributed by atoms with van der Waals surface area (Å²) in [5.41, 5.74) is 0. The molecule has 3 atom stereocenters. The van der Waals surface area contributed by atoms with Gasteiger partial charge in [0.2, 0.25) is 10.0 Å². The summed E-state index contributed by atoms with van der Waals surface area (Å²) in [6, 6.07) is -0.518. The molecule has 7 heteroatoms. The maximum atomic E-state index is 11.8. The third-order valence-corrected chi connectivity index (χ3v) is 6.01. The Morgan fingerprint density at radius 2 is 2.00 bits per heavy atom. The molecule has 0 unspecified atom stereocenters. The molecule has 0 aromatic carbocycles. The lowest BCUT2D eigenvalue weighted by atomic mass is 9.98. The van der Waals surface area contributed by atoms with Crippen LogP contribution in [0.3, 0.4) is 0 Å². The molecule has 0 spiro atoms. The van der Waals surface area contributed by atoms with Gasteiger partial charge in [0.1, 0.15) is 0 Å². The monoisotopic (exact) mass is 320 g/mol. The Morgan fingerprint density at radius 1 is 1.33 bits per heavy atom. The molecule has 2 saturated heterocycles. The van der Waals surface area contributed by atoms with Crippen LogP contribution >= 0.6 is 0 Å². The fourth-order valence-corrected chi connectivity index (χ4v) is 4.33. The topological polar surface area (TPSA) is 78.9 Å². The average molecular weight is 320 g/mol. The zero-order chi connectivity index (χ0) is 15.5. The summed E-state index contributed by atoms with van der Waals surface area (Å²) >= 11 is 0. The lowest BCUT2D eigenvalue weighted by Crippen LogP contribution is -2.48. The van der Waals surface area contributed by atoms with Crippen molar-refractivity contribution in [2.24, 2.45) is 5.92 Å². The fraction of sp³-hybridized carbons (Fsp3) is 1.00. The number of ether oxygens (including phenoxy) is 1. The molecular weight excluding hydrogens is 292 g/mol. The highest BCUT2D eigenvalue weighted by Crippen LogP contribution is 2.21. The van der Waals surface area contributed by atoms with Crippen molar-refractivity contribution in [1.82, 2.24) is 9.62 Å². The molecule has 0 radical (unpaired) electrons. The van der Waals surface area contributed by atoms with E-state index in [1.807, 2.05) is 6.92 Å². The minimum Gasteiger partial charge on any atom is -0.389 e. The zero-order valence-electron chi connectivity index (χ0n) is 13.0. The summed E-state index contributed by atoms with van der Waals surface area (Å²) in [5.74, 6) is 0.856. The van der Waals surface area contributed by atoms with Crippen LogP contribution in [0.5, 0.6) is 0 Å². The smallest absolute Gasteiger partial charge is 0.212 e. The van der Waals surface area contributed by atoms with Crippen LogP contribution in [0, 0.1) is 5.92 Å². The Morgan fingerprint density at radius 3 is 2.62 bits per heavy atom. The third kappa shape index (κ3) is 4.89. The van der Waals surface area contributed by atoms with Gasteiger partial charge in [-0.1, -0.05) is 13.8 Å². The second kappa shape index (κ2) is 7.37. The van der Waals surface area contributed by atoms with Crippen LogP contribution in [0.1, 0.15) is 33.1 Å². The van der Waals surface area contributed by atoms with E-state index < -0.39 is 22.2 Å². The molecule has 0 saturated carbocycles. The van der Waals surface area contributed by atoms with Gasteiger partial charge in [0.25, 0.3) is 0 Å². The van der Waals surface area contributed by atoms with Crippen LogP contribution in [-0.2, 0) is 14.8 Å². The predicted octanol–water partition coefficient (Wildman–Crippen LogP) is 0.176. The minimum absolute atomic E-state index is 0.0882. The summed E-state index contributed by atoms with van der Waals surface area (Å²) in [6.07, 6.45) is 1.85. The second-order valence-corrected chi connectivity index (χ2v) is 8.26. The molecule has 2 N–H and O–H groups in total. The molecule has 0 aromatic rings. The summed E-state index contributed by atoms with van der Waals surface area (Å²) in [7, 11) is -3.32. The van der Waals surface area contributed by atoms with Crippen molar-refractivity contribution in [3.8, 4) is 0 Å². The lowest BCUT2D eigenvalue weighted by molar-refractivity contribution is 0.00897. The van der Waals surface area contributed by atoms with E-state index in [0.717, 1.165) is 19.0 Å². The number of likely N-dealkylation sites (tertiary alicyclic amines) is 1. The van der Waals surface area contributed by atoms with E-state index in [1.54, 1.807) is 0 Å². The molecule has 0 aromatic heterocycles. The van der Waals surface area contributed by atoms with Crippen molar-refractivity contribution in [3.05, 3.63) is 0 Å².